The zero-order valence-electron chi connectivity index (χ0n) is 11.4. The third-order valence-electron chi connectivity index (χ3n) is 3.30. The summed E-state index contributed by atoms with van der Waals surface area (Å²) >= 11 is 0. The van der Waals surface area contributed by atoms with E-state index < -0.39 is 23.6 Å². The molecule has 4 N–H and O–H groups in total. The molecule has 0 spiro atoms. The predicted molar refractivity (Wildman–Crippen MR) is 68.6 cm³/mol. The van der Waals surface area contributed by atoms with Crippen molar-refractivity contribution in [2.75, 3.05) is 6.54 Å². The molecule has 0 heterocycles. The summed E-state index contributed by atoms with van der Waals surface area (Å²) < 4.78 is 0. The molecule has 1 saturated carbocycles. The second-order valence-corrected chi connectivity index (χ2v) is 5.00. The molecule has 2 unspecified atom stereocenters. The number of rotatable bonds is 6. The summed E-state index contributed by atoms with van der Waals surface area (Å²) in [4.78, 5) is 34.4. The monoisotopic (exact) mass is 271 g/mol. The molecule has 1 rings (SSSR count). The third kappa shape index (κ3) is 3.84. The van der Waals surface area contributed by atoms with E-state index in [9.17, 15) is 19.5 Å². The van der Waals surface area contributed by atoms with E-state index in [1.165, 1.54) is 6.92 Å². The molecule has 1 aliphatic carbocycles. The van der Waals surface area contributed by atoms with Gasteiger partial charge < -0.3 is 21.1 Å². The lowest BCUT2D eigenvalue weighted by Crippen LogP contribution is -2.59. The van der Waals surface area contributed by atoms with Crippen LogP contribution in [0.25, 0.3) is 0 Å². The standard InChI is InChI=1S/C12H21N3O4/c1-4-13-9(16)7(2)14-11(19)15-12(3,10(17)18)8-5-6-8/h7-8H,4-6H2,1-3H3,(H,13,16)(H,17,18)(H2,14,15,19). The van der Waals surface area contributed by atoms with Crippen LogP contribution in [0.3, 0.4) is 0 Å². The van der Waals surface area contributed by atoms with E-state index in [0.717, 1.165) is 12.8 Å². The highest BCUT2D eigenvalue weighted by atomic mass is 16.4. The number of likely N-dealkylation sites (N-methyl/N-ethyl adjacent to an activating group) is 1. The highest BCUT2D eigenvalue weighted by Gasteiger charge is 2.48. The molecule has 7 nitrogen and oxygen atoms in total. The second kappa shape index (κ2) is 5.90. The van der Waals surface area contributed by atoms with Gasteiger partial charge in [-0.15, -0.1) is 0 Å². The molecular formula is C12H21N3O4. The third-order valence-corrected chi connectivity index (χ3v) is 3.30. The van der Waals surface area contributed by atoms with E-state index in [-0.39, 0.29) is 11.8 Å². The lowest BCUT2D eigenvalue weighted by Gasteiger charge is -2.27. The van der Waals surface area contributed by atoms with Gasteiger partial charge in [0.1, 0.15) is 11.6 Å². The highest BCUT2D eigenvalue weighted by Crippen LogP contribution is 2.39. The fraction of sp³-hybridized carbons (Fsp3) is 0.750. The molecule has 108 valence electrons. The van der Waals surface area contributed by atoms with Crippen LogP contribution in [0.2, 0.25) is 0 Å². The zero-order chi connectivity index (χ0) is 14.6. The maximum absolute atomic E-state index is 11.7. The second-order valence-electron chi connectivity index (χ2n) is 5.00. The summed E-state index contributed by atoms with van der Waals surface area (Å²) in [5.74, 6) is -1.41. The Balaban J connectivity index is 2.54. The van der Waals surface area contributed by atoms with Crippen molar-refractivity contribution >= 4 is 17.9 Å². The van der Waals surface area contributed by atoms with Crippen molar-refractivity contribution in [2.45, 2.75) is 45.2 Å². The first-order valence-electron chi connectivity index (χ1n) is 6.41. The van der Waals surface area contributed by atoms with Crippen LogP contribution in [0.5, 0.6) is 0 Å². The molecule has 2 atom stereocenters. The van der Waals surface area contributed by atoms with Crippen molar-refractivity contribution in [1.82, 2.24) is 16.0 Å². The minimum absolute atomic E-state index is 0.0458. The van der Waals surface area contributed by atoms with Gasteiger partial charge in [0, 0.05) is 6.54 Å². The average molecular weight is 271 g/mol. The van der Waals surface area contributed by atoms with Crippen LogP contribution < -0.4 is 16.0 Å². The van der Waals surface area contributed by atoms with Crippen LogP contribution in [0.4, 0.5) is 4.79 Å². The fourth-order valence-corrected chi connectivity index (χ4v) is 1.85. The van der Waals surface area contributed by atoms with E-state index in [1.54, 1.807) is 13.8 Å². The van der Waals surface area contributed by atoms with Gasteiger partial charge in [0.15, 0.2) is 0 Å². The van der Waals surface area contributed by atoms with Crippen LogP contribution in [0, 0.1) is 5.92 Å². The van der Waals surface area contributed by atoms with Crippen molar-refractivity contribution in [3.05, 3.63) is 0 Å². The summed E-state index contributed by atoms with van der Waals surface area (Å²) in [6.07, 6.45) is 1.57. The lowest BCUT2D eigenvalue weighted by atomic mass is 9.96. The summed E-state index contributed by atoms with van der Waals surface area (Å²) in [6, 6.07) is -1.35. The maximum Gasteiger partial charge on any atom is 0.329 e. The molecule has 0 saturated heterocycles. The van der Waals surface area contributed by atoms with E-state index in [4.69, 9.17) is 0 Å². The van der Waals surface area contributed by atoms with Crippen molar-refractivity contribution in [3.8, 4) is 0 Å². The summed E-state index contributed by atoms with van der Waals surface area (Å²) in [7, 11) is 0. The summed E-state index contributed by atoms with van der Waals surface area (Å²) in [5, 5.41) is 16.7. The smallest absolute Gasteiger partial charge is 0.329 e. The predicted octanol–water partition coefficient (Wildman–Crippen LogP) is 0.0635. The summed E-state index contributed by atoms with van der Waals surface area (Å²) in [6.45, 7) is 5.28. The first kappa shape index (κ1) is 15.3. The average Bonchev–Trinajstić information content (AvgIpc) is 3.12. The Morgan fingerprint density at radius 3 is 2.37 bits per heavy atom. The molecule has 19 heavy (non-hydrogen) atoms. The van der Waals surface area contributed by atoms with Crippen LogP contribution in [-0.4, -0.2) is 41.1 Å². The number of carbonyl (C=O) groups excluding carboxylic acids is 2. The van der Waals surface area contributed by atoms with Gasteiger partial charge >= 0.3 is 12.0 Å². The number of hydrogen-bond donors (Lipinski definition) is 4. The van der Waals surface area contributed by atoms with Gasteiger partial charge in [-0.3, -0.25) is 4.79 Å². The Morgan fingerprint density at radius 1 is 1.37 bits per heavy atom. The van der Waals surface area contributed by atoms with Crippen LogP contribution >= 0.6 is 0 Å². The van der Waals surface area contributed by atoms with Crippen LogP contribution in [-0.2, 0) is 9.59 Å². The SMILES string of the molecule is CCNC(=O)C(C)NC(=O)NC(C)(C(=O)O)C1CC1. The first-order valence-corrected chi connectivity index (χ1v) is 6.41. The van der Waals surface area contributed by atoms with Gasteiger partial charge in [0.25, 0.3) is 0 Å². The number of carbonyl (C=O) groups is 3. The largest absolute Gasteiger partial charge is 0.480 e. The quantitative estimate of drug-likeness (QED) is 0.548. The number of amides is 3. The molecular weight excluding hydrogens is 250 g/mol. The van der Waals surface area contributed by atoms with Crippen molar-refractivity contribution in [2.24, 2.45) is 5.92 Å². The molecule has 3 amide bonds. The lowest BCUT2D eigenvalue weighted by molar-refractivity contribution is -0.144. The first-order chi connectivity index (χ1) is 8.81. The molecule has 0 radical (unpaired) electrons. The van der Waals surface area contributed by atoms with E-state index in [0.29, 0.717) is 6.54 Å². The molecule has 1 aliphatic rings. The molecule has 0 aromatic rings. The van der Waals surface area contributed by atoms with Crippen molar-refractivity contribution in [1.29, 1.82) is 0 Å². The molecule has 0 aromatic heterocycles. The van der Waals surface area contributed by atoms with Gasteiger partial charge in [-0.05, 0) is 39.5 Å². The Labute approximate surface area is 112 Å². The number of carboxylic acid groups (broad SMARTS) is 1. The molecule has 7 heteroatoms. The number of aliphatic carboxylic acids is 1. The number of carboxylic acids is 1. The van der Waals surface area contributed by atoms with Crippen molar-refractivity contribution < 1.29 is 19.5 Å². The Bertz CT molecular complexity index is 381. The van der Waals surface area contributed by atoms with Crippen LogP contribution in [0.1, 0.15) is 33.6 Å². The topological polar surface area (TPSA) is 108 Å². The van der Waals surface area contributed by atoms with Gasteiger partial charge in [-0.25, -0.2) is 9.59 Å². The Kier molecular flexibility index (Phi) is 4.74. The minimum atomic E-state index is -1.27. The zero-order valence-corrected chi connectivity index (χ0v) is 11.4. The molecule has 0 aromatic carbocycles. The molecule has 0 aliphatic heterocycles. The fourth-order valence-electron chi connectivity index (χ4n) is 1.85. The van der Waals surface area contributed by atoms with E-state index >= 15 is 0 Å². The Morgan fingerprint density at radius 2 is 1.95 bits per heavy atom. The van der Waals surface area contributed by atoms with Gasteiger partial charge in [-0.1, -0.05) is 0 Å². The van der Waals surface area contributed by atoms with Gasteiger partial charge in [0.05, 0.1) is 0 Å². The number of nitrogens with one attached hydrogen (secondary N) is 3. The van der Waals surface area contributed by atoms with Gasteiger partial charge in [0.2, 0.25) is 5.91 Å². The van der Waals surface area contributed by atoms with Crippen molar-refractivity contribution in [3.63, 3.8) is 0 Å². The van der Waals surface area contributed by atoms with E-state index in [2.05, 4.69) is 16.0 Å². The van der Waals surface area contributed by atoms with Crippen LogP contribution in [0.15, 0.2) is 0 Å². The highest BCUT2D eigenvalue weighted by molar-refractivity contribution is 5.90. The number of hydrogen-bond acceptors (Lipinski definition) is 3. The molecule has 0 bridgehead atoms. The van der Waals surface area contributed by atoms with E-state index in [1.807, 2.05) is 0 Å². The Hall–Kier alpha value is -1.79. The minimum Gasteiger partial charge on any atom is -0.480 e. The molecule has 1 fully saturated rings. The van der Waals surface area contributed by atoms with Gasteiger partial charge in [-0.2, -0.15) is 0 Å². The summed E-state index contributed by atoms with van der Waals surface area (Å²) in [5.41, 5.74) is -1.27. The number of urea groups is 1. The maximum atomic E-state index is 11.7. The normalized spacial score (nSPS) is 18.9.